The number of nitrogens with zero attached hydrogens (tertiary/aromatic N) is 3. The number of halogens is 2. The molecule has 2 aromatic rings. The molecule has 0 saturated carbocycles. The van der Waals surface area contributed by atoms with Gasteiger partial charge in [0.05, 0.1) is 23.3 Å². The number of aromatic nitrogens is 3. The SMILES string of the molecule is CC(C)(N)c1cn(CCSc2cc(Cl)ccc2Cl)nn1. The zero-order valence-electron chi connectivity index (χ0n) is 11.3. The van der Waals surface area contributed by atoms with E-state index in [1.165, 1.54) is 0 Å². The van der Waals surface area contributed by atoms with Gasteiger partial charge in [0.1, 0.15) is 5.69 Å². The summed E-state index contributed by atoms with van der Waals surface area (Å²) in [6, 6.07) is 5.45. The molecule has 0 saturated heterocycles. The molecule has 0 spiro atoms. The Hall–Kier alpha value is -0.750. The number of benzene rings is 1. The van der Waals surface area contributed by atoms with Crippen molar-refractivity contribution in [1.29, 1.82) is 0 Å². The average Bonchev–Trinajstić information content (AvgIpc) is 2.82. The zero-order valence-corrected chi connectivity index (χ0v) is 13.6. The van der Waals surface area contributed by atoms with Gasteiger partial charge in [-0.15, -0.1) is 16.9 Å². The summed E-state index contributed by atoms with van der Waals surface area (Å²) < 4.78 is 1.79. The van der Waals surface area contributed by atoms with Crippen molar-refractivity contribution >= 4 is 35.0 Å². The molecule has 0 amide bonds. The van der Waals surface area contributed by atoms with Crippen molar-refractivity contribution in [3.63, 3.8) is 0 Å². The zero-order chi connectivity index (χ0) is 14.8. The topological polar surface area (TPSA) is 56.7 Å². The maximum absolute atomic E-state index is 6.11. The molecule has 2 N–H and O–H groups in total. The third-order valence-corrected chi connectivity index (χ3v) is 4.38. The van der Waals surface area contributed by atoms with Crippen LogP contribution in [0.3, 0.4) is 0 Å². The van der Waals surface area contributed by atoms with Gasteiger partial charge in [-0.1, -0.05) is 28.4 Å². The summed E-state index contributed by atoms with van der Waals surface area (Å²) in [5.74, 6) is 0.827. The first kappa shape index (κ1) is 15.6. The molecule has 0 radical (unpaired) electrons. The van der Waals surface area contributed by atoms with Crippen LogP contribution in [0.5, 0.6) is 0 Å². The van der Waals surface area contributed by atoms with Crippen molar-refractivity contribution in [1.82, 2.24) is 15.0 Å². The first-order valence-electron chi connectivity index (χ1n) is 6.13. The minimum absolute atomic E-state index is 0.471. The second kappa shape index (κ2) is 6.35. The van der Waals surface area contributed by atoms with Gasteiger partial charge in [0.15, 0.2) is 0 Å². The van der Waals surface area contributed by atoms with Crippen LogP contribution in [-0.4, -0.2) is 20.7 Å². The van der Waals surface area contributed by atoms with E-state index in [-0.39, 0.29) is 0 Å². The molecule has 7 heteroatoms. The Morgan fingerprint density at radius 1 is 1.35 bits per heavy atom. The standard InChI is InChI=1S/C13H16Cl2N4S/c1-13(2,16)12-8-19(18-17-12)5-6-20-11-7-9(14)3-4-10(11)15/h3-4,7-8H,5-6,16H2,1-2H3. The smallest absolute Gasteiger partial charge is 0.102 e. The molecule has 0 aliphatic rings. The molecule has 1 heterocycles. The van der Waals surface area contributed by atoms with E-state index in [0.29, 0.717) is 10.0 Å². The lowest BCUT2D eigenvalue weighted by molar-refractivity contribution is 0.533. The van der Waals surface area contributed by atoms with Crippen LogP contribution in [0.15, 0.2) is 29.3 Å². The first-order chi connectivity index (χ1) is 9.36. The number of aryl methyl sites for hydroxylation is 1. The highest BCUT2D eigenvalue weighted by Gasteiger charge is 2.18. The normalized spacial score (nSPS) is 11.8. The quantitative estimate of drug-likeness (QED) is 0.851. The fourth-order valence-electron chi connectivity index (χ4n) is 1.54. The Kier molecular flexibility index (Phi) is 4.96. The van der Waals surface area contributed by atoms with E-state index < -0.39 is 5.54 Å². The number of hydrogen-bond donors (Lipinski definition) is 1. The van der Waals surface area contributed by atoms with Crippen LogP contribution < -0.4 is 5.73 Å². The average molecular weight is 331 g/mol. The fourth-order valence-corrected chi connectivity index (χ4v) is 2.97. The summed E-state index contributed by atoms with van der Waals surface area (Å²) in [7, 11) is 0. The van der Waals surface area contributed by atoms with Gasteiger partial charge in [0.2, 0.25) is 0 Å². The lowest BCUT2D eigenvalue weighted by Crippen LogP contribution is -2.29. The summed E-state index contributed by atoms with van der Waals surface area (Å²) in [5, 5.41) is 9.54. The predicted octanol–water partition coefficient (Wildman–Crippen LogP) is 3.57. The third-order valence-electron chi connectivity index (χ3n) is 2.67. The Morgan fingerprint density at radius 2 is 2.10 bits per heavy atom. The Labute approximate surface area is 132 Å². The van der Waals surface area contributed by atoms with Crippen LogP contribution >= 0.6 is 35.0 Å². The van der Waals surface area contributed by atoms with Crippen LogP contribution in [-0.2, 0) is 12.1 Å². The molecule has 20 heavy (non-hydrogen) atoms. The number of thioether (sulfide) groups is 1. The number of nitrogens with two attached hydrogens (primary N) is 1. The largest absolute Gasteiger partial charge is 0.320 e. The Morgan fingerprint density at radius 3 is 2.75 bits per heavy atom. The molecule has 0 fully saturated rings. The van der Waals surface area contributed by atoms with Crippen molar-refractivity contribution in [2.75, 3.05) is 5.75 Å². The fraction of sp³-hybridized carbons (Fsp3) is 0.385. The molecule has 0 unspecified atom stereocenters. The third kappa shape index (κ3) is 4.12. The van der Waals surface area contributed by atoms with E-state index >= 15 is 0 Å². The maximum Gasteiger partial charge on any atom is 0.102 e. The highest BCUT2D eigenvalue weighted by atomic mass is 35.5. The van der Waals surface area contributed by atoms with Gasteiger partial charge in [-0.2, -0.15) is 0 Å². The second-order valence-corrected chi connectivity index (χ2v) is 6.99. The molecular weight excluding hydrogens is 315 g/mol. The highest BCUT2D eigenvalue weighted by Crippen LogP contribution is 2.29. The summed E-state index contributed by atoms with van der Waals surface area (Å²) in [5.41, 5.74) is 6.28. The van der Waals surface area contributed by atoms with Crippen molar-refractivity contribution in [3.8, 4) is 0 Å². The minimum Gasteiger partial charge on any atom is -0.320 e. The Balaban J connectivity index is 1.93. The van der Waals surface area contributed by atoms with Crippen molar-refractivity contribution in [2.45, 2.75) is 30.8 Å². The van der Waals surface area contributed by atoms with E-state index in [1.54, 1.807) is 28.6 Å². The molecule has 0 aliphatic heterocycles. The molecule has 1 aromatic carbocycles. The lowest BCUT2D eigenvalue weighted by Gasteiger charge is -2.13. The molecule has 0 bridgehead atoms. The highest BCUT2D eigenvalue weighted by molar-refractivity contribution is 7.99. The van der Waals surface area contributed by atoms with Gasteiger partial charge < -0.3 is 5.73 Å². The molecule has 0 aliphatic carbocycles. The van der Waals surface area contributed by atoms with Crippen molar-refractivity contribution in [2.24, 2.45) is 5.73 Å². The molecule has 4 nitrogen and oxygen atoms in total. The summed E-state index contributed by atoms with van der Waals surface area (Å²) >= 11 is 13.7. The van der Waals surface area contributed by atoms with Gasteiger partial charge in [0.25, 0.3) is 0 Å². The van der Waals surface area contributed by atoms with Gasteiger partial charge in [-0.05, 0) is 32.0 Å². The predicted molar refractivity (Wildman–Crippen MR) is 84.4 cm³/mol. The summed E-state index contributed by atoms with van der Waals surface area (Å²) in [6.45, 7) is 4.54. The van der Waals surface area contributed by atoms with Gasteiger partial charge >= 0.3 is 0 Å². The molecule has 2 rings (SSSR count). The Bertz CT molecular complexity index is 592. The lowest BCUT2D eigenvalue weighted by atomic mass is 10.0. The monoisotopic (exact) mass is 330 g/mol. The molecule has 108 valence electrons. The number of rotatable bonds is 5. The van der Waals surface area contributed by atoms with Gasteiger partial charge in [0, 0.05) is 15.7 Å². The van der Waals surface area contributed by atoms with E-state index in [1.807, 2.05) is 26.1 Å². The van der Waals surface area contributed by atoms with E-state index in [9.17, 15) is 0 Å². The van der Waals surface area contributed by atoms with E-state index in [0.717, 1.165) is 22.9 Å². The first-order valence-corrected chi connectivity index (χ1v) is 7.88. The molecular formula is C13H16Cl2N4S. The van der Waals surface area contributed by atoms with Gasteiger partial charge in [-0.25, -0.2) is 0 Å². The van der Waals surface area contributed by atoms with Crippen molar-refractivity contribution in [3.05, 3.63) is 40.1 Å². The second-order valence-electron chi connectivity index (χ2n) is 5.01. The van der Waals surface area contributed by atoms with Crippen LogP contribution in [0, 0.1) is 0 Å². The van der Waals surface area contributed by atoms with Gasteiger partial charge in [-0.3, -0.25) is 4.68 Å². The van der Waals surface area contributed by atoms with Crippen LogP contribution in [0.25, 0.3) is 0 Å². The van der Waals surface area contributed by atoms with E-state index in [4.69, 9.17) is 28.9 Å². The summed E-state index contributed by atoms with van der Waals surface area (Å²) in [4.78, 5) is 0.971. The van der Waals surface area contributed by atoms with Crippen LogP contribution in [0.4, 0.5) is 0 Å². The van der Waals surface area contributed by atoms with Crippen LogP contribution in [0.2, 0.25) is 10.0 Å². The van der Waals surface area contributed by atoms with Crippen molar-refractivity contribution < 1.29 is 0 Å². The van der Waals surface area contributed by atoms with E-state index in [2.05, 4.69) is 10.3 Å². The number of hydrogen-bond acceptors (Lipinski definition) is 4. The minimum atomic E-state index is -0.471. The summed E-state index contributed by atoms with van der Waals surface area (Å²) in [6.07, 6.45) is 1.88. The molecule has 0 atom stereocenters. The molecule has 1 aromatic heterocycles. The van der Waals surface area contributed by atoms with Crippen LogP contribution in [0.1, 0.15) is 19.5 Å². The maximum atomic E-state index is 6.11.